The minimum atomic E-state index is 0.126. The van der Waals surface area contributed by atoms with Crippen LogP contribution in [0.2, 0.25) is 0 Å². The second-order valence-corrected chi connectivity index (χ2v) is 5.51. The maximum Gasteiger partial charge on any atom is 0.125 e. The van der Waals surface area contributed by atoms with Crippen molar-refractivity contribution in [3.8, 4) is 5.75 Å². The van der Waals surface area contributed by atoms with E-state index in [2.05, 4.69) is 48.8 Å². The van der Waals surface area contributed by atoms with Crippen LogP contribution in [0.3, 0.4) is 0 Å². The molecule has 1 atom stereocenters. The third-order valence-corrected chi connectivity index (χ3v) is 3.85. The first kappa shape index (κ1) is 12.6. The van der Waals surface area contributed by atoms with E-state index >= 15 is 0 Å². The van der Waals surface area contributed by atoms with E-state index in [1.807, 2.05) is 7.05 Å². The molecule has 0 aliphatic carbocycles. The van der Waals surface area contributed by atoms with Gasteiger partial charge in [0.25, 0.3) is 0 Å². The molecule has 100 valence electrons. The highest BCUT2D eigenvalue weighted by atomic mass is 79.9. The quantitative estimate of drug-likeness (QED) is 0.903. The Kier molecular flexibility index (Phi) is 3.52. The number of nitrogens with one attached hydrogen (secondary N) is 2. The van der Waals surface area contributed by atoms with E-state index in [4.69, 9.17) is 4.74 Å². The monoisotopic (exact) mass is 322 g/mol. The summed E-state index contributed by atoms with van der Waals surface area (Å²) in [6.07, 6.45) is 3.56. The Morgan fingerprint density at radius 2 is 2.42 bits per heavy atom. The molecule has 0 fully saturated rings. The van der Waals surface area contributed by atoms with Crippen molar-refractivity contribution in [1.82, 2.24) is 20.7 Å². The van der Waals surface area contributed by atoms with Gasteiger partial charge in [-0.15, -0.1) is 0 Å². The molecular formula is C13H15BrN4O. The summed E-state index contributed by atoms with van der Waals surface area (Å²) in [5, 5.41) is 13.9. The first-order chi connectivity index (χ1) is 9.28. The topological polar surface area (TPSA) is 62.8 Å². The maximum atomic E-state index is 5.75. The number of likely N-dealkylation sites (N-methyl/N-ethyl adjacent to an activating group) is 1. The van der Waals surface area contributed by atoms with Crippen LogP contribution in [0.4, 0.5) is 0 Å². The van der Waals surface area contributed by atoms with E-state index in [9.17, 15) is 0 Å². The van der Waals surface area contributed by atoms with Crippen molar-refractivity contribution < 1.29 is 4.74 Å². The molecule has 1 aliphatic rings. The Hall–Kier alpha value is -1.40. The number of H-pyrrole nitrogens is 1. The van der Waals surface area contributed by atoms with Crippen LogP contribution >= 0.6 is 15.9 Å². The molecule has 1 aromatic carbocycles. The van der Waals surface area contributed by atoms with Crippen LogP contribution in [0.15, 0.2) is 22.8 Å². The van der Waals surface area contributed by atoms with Crippen LogP contribution < -0.4 is 10.1 Å². The van der Waals surface area contributed by atoms with E-state index in [0.29, 0.717) is 0 Å². The molecule has 3 rings (SSSR count). The molecule has 0 spiro atoms. The van der Waals surface area contributed by atoms with Crippen molar-refractivity contribution in [2.45, 2.75) is 18.9 Å². The summed E-state index contributed by atoms with van der Waals surface area (Å²) in [5.74, 6) is 1.03. The van der Waals surface area contributed by atoms with Gasteiger partial charge in [0.15, 0.2) is 0 Å². The number of benzene rings is 1. The number of aromatic nitrogens is 3. The molecular weight excluding hydrogens is 308 g/mol. The number of aromatic amines is 1. The summed E-state index contributed by atoms with van der Waals surface area (Å²) < 4.78 is 6.85. The van der Waals surface area contributed by atoms with Crippen LogP contribution in [0.5, 0.6) is 5.75 Å². The zero-order valence-electron chi connectivity index (χ0n) is 10.6. The zero-order chi connectivity index (χ0) is 13.2. The fraction of sp³-hybridized carbons (Fsp3) is 0.385. The Labute approximate surface area is 119 Å². The fourth-order valence-electron chi connectivity index (χ4n) is 2.45. The predicted molar refractivity (Wildman–Crippen MR) is 75.2 cm³/mol. The first-order valence-electron chi connectivity index (χ1n) is 6.25. The largest absolute Gasteiger partial charge is 0.493 e. The summed E-state index contributed by atoms with van der Waals surface area (Å²) in [6, 6.07) is 4.38. The molecule has 0 saturated heterocycles. The second kappa shape index (κ2) is 5.30. The number of fused-ring (bicyclic) bond motifs is 1. The molecule has 0 radical (unpaired) electrons. The van der Waals surface area contributed by atoms with Gasteiger partial charge in [-0.25, -0.2) is 0 Å². The first-order valence-corrected chi connectivity index (χ1v) is 7.04. The van der Waals surface area contributed by atoms with Gasteiger partial charge in [-0.1, -0.05) is 15.9 Å². The molecule has 1 aromatic heterocycles. The molecule has 0 bridgehead atoms. The van der Waals surface area contributed by atoms with Gasteiger partial charge < -0.3 is 10.1 Å². The minimum Gasteiger partial charge on any atom is -0.493 e. The molecule has 2 heterocycles. The van der Waals surface area contributed by atoms with E-state index in [0.717, 1.165) is 35.4 Å². The fourth-order valence-corrected chi connectivity index (χ4v) is 3.00. The predicted octanol–water partition coefficient (Wildman–Crippen LogP) is 2.01. The van der Waals surface area contributed by atoms with Gasteiger partial charge in [-0.2, -0.15) is 15.4 Å². The second-order valence-electron chi connectivity index (χ2n) is 4.59. The van der Waals surface area contributed by atoms with Gasteiger partial charge in [-0.05, 0) is 36.7 Å². The lowest BCUT2D eigenvalue weighted by Crippen LogP contribution is -2.19. The molecule has 19 heavy (non-hydrogen) atoms. The highest BCUT2D eigenvalue weighted by Crippen LogP contribution is 2.35. The summed E-state index contributed by atoms with van der Waals surface area (Å²) in [4.78, 5) is 0. The van der Waals surface area contributed by atoms with Gasteiger partial charge in [0.1, 0.15) is 5.75 Å². The smallest absolute Gasteiger partial charge is 0.125 e. The molecule has 2 aromatic rings. The Morgan fingerprint density at radius 3 is 3.16 bits per heavy atom. The SMILES string of the molecule is CNC(Cc1cc(Br)cc2c1OCC2)c1cn[nH]n1. The highest BCUT2D eigenvalue weighted by Gasteiger charge is 2.21. The number of hydrogen-bond acceptors (Lipinski definition) is 4. The summed E-state index contributed by atoms with van der Waals surface area (Å²) in [5.41, 5.74) is 3.39. The number of rotatable bonds is 4. The molecule has 1 unspecified atom stereocenters. The minimum absolute atomic E-state index is 0.126. The summed E-state index contributed by atoms with van der Waals surface area (Å²) >= 11 is 3.57. The van der Waals surface area contributed by atoms with Crippen LogP contribution in [0.1, 0.15) is 22.9 Å². The van der Waals surface area contributed by atoms with Gasteiger partial charge >= 0.3 is 0 Å². The van der Waals surface area contributed by atoms with Crippen molar-refractivity contribution in [3.63, 3.8) is 0 Å². The van der Waals surface area contributed by atoms with E-state index in [-0.39, 0.29) is 6.04 Å². The average molecular weight is 323 g/mol. The van der Waals surface area contributed by atoms with Crippen molar-refractivity contribution >= 4 is 15.9 Å². The van der Waals surface area contributed by atoms with Crippen molar-refractivity contribution in [2.24, 2.45) is 0 Å². The third-order valence-electron chi connectivity index (χ3n) is 3.39. The number of hydrogen-bond donors (Lipinski definition) is 2. The lowest BCUT2D eigenvalue weighted by Gasteiger charge is -2.16. The van der Waals surface area contributed by atoms with E-state index in [1.165, 1.54) is 11.1 Å². The number of nitrogens with zero attached hydrogens (tertiary/aromatic N) is 2. The van der Waals surface area contributed by atoms with Crippen molar-refractivity contribution in [1.29, 1.82) is 0 Å². The lowest BCUT2D eigenvalue weighted by molar-refractivity contribution is 0.351. The van der Waals surface area contributed by atoms with E-state index < -0.39 is 0 Å². The highest BCUT2D eigenvalue weighted by molar-refractivity contribution is 9.10. The Morgan fingerprint density at radius 1 is 1.53 bits per heavy atom. The molecule has 6 heteroatoms. The maximum absolute atomic E-state index is 5.75. The molecule has 5 nitrogen and oxygen atoms in total. The van der Waals surface area contributed by atoms with Crippen LogP contribution in [0.25, 0.3) is 0 Å². The van der Waals surface area contributed by atoms with Crippen molar-refractivity contribution in [3.05, 3.63) is 39.6 Å². The normalized spacial score (nSPS) is 15.1. The Balaban J connectivity index is 1.90. The van der Waals surface area contributed by atoms with Gasteiger partial charge in [0.05, 0.1) is 24.5 Å². The van der Waals surface area contributed by atoms with Crippen LogP contribution in [0, 0.1) is 0 Å². The average Bonchev–Trinajstić information content (AvgIpc) is 3.05. The van der Waals surface area contributed by atoms with Crippen molar-refractivity contribution in [2.75, 3.05) is 13.7 Å². The lowest BCUT2D eigenvalue weighted by atomic mass is 10.0. The van der Waals surface area contributed by atoms with Gasteiger partial charge in [0, 0.05) is 10.9 Å². The number of ether oxygens (including phenoxy) is 1. The van der Waals surface area contributed by atoms with E-state index in [1.54, 1.807) is 6.20 Å². The summed E-state index contributed by atoms with van der Waals surface area (Å²) in [6.45, 7) is 0.771. The number of halogens is 1. The van der Waals surface area contributed by atoms with Gasteiger partial charge in [0.2, 0.25) is 0 Å². The third kappa shape index (κ3) is 2.50. The molecule has 0 saturated carbocycles. The summed E-state index contributed by atoms with van der Waals surface area (Å²) in [7, 11) is 1.93. The van der Waals surface area contributed by atoms with Crippen LogP contribution in [-0.4, -0.2) is 29.1 Å². The molecule has 1 aliphatic heterocycles. The standard InChI is InChI=1S/C13H15BrN4O/c1-15-11(12-7-16-18-17-12)6-9-5-10(14)4-8-2-3-19-13(8)9/h4-5,7,11,15H,2-3,6H2,1H3,(H,16,17,18). The Bertz CT molecular complexity index is 570. The molecule has 2 N–H and O–H groups in total. The molecule has 0 amide bonds. The zero-order valence-corrected chi connectivity index (χ0v) is 12.2. The van der Waals surface area contributed by atoms with Gasteiger partial charge in [-0.3, -0.25) is 0 Å². The van der Waals surface area contributed by atoms with Crippen LogP contribution in [-0.2, 0) is 12.8 Å².